The van der Waals surface area contributed by atoms with Crippen molar-refractivity contribution >= 4 is 11.8 Å². The molecule has 1 heteroatoms. The van der Waals surface area contributed by atoms with E-state index in [1.165, 1.54) is 18.6 Å². The average Bonchev–Trinajstić information content (AvgIpc) is 1.68. The minimum atomic E-state index is 0.926. The zero-order chi connectivity index (χ0) is 6.41. The van der Waals surface area contributed by atoms with E-state index < -0.39 is 0 Å². The standard InChI is InChI=1S/C7H16S/c1-4-5-7(2)6-8-3/h7H,4-6H2,1-3H3. The molecular weight excluding hydrogens is 116 g/mol. The molecule has 50 valence electrons. The molecule has 1 atom stereocenters. The Hall–Kier alpha value is 0.350. The molecule has 8 heavy (non-hydrogen) atoms. The number of rotatable bonds is 4. The average molecular weight is 132 g/mol. The van der Waals surface area contributed by atoms with Gasteiger partial charge in [0.05, 0.1) is 0 Å². The van der Waals surface area contributed by atoms with Crippen molar-refractivity contribution in [2.75, 3.05) is 12.0 Å². The van der Waals surface area contributed by atoms with E-state index in [1.807, 2.05) is 11.8 Å². The Balaban J connectivity index is 2.92. The molecule has 0 nitrogen and oxygen atoms in total. The normalized spacial score (nSPS) is 13.9. The monoisotopic (exact) mass is 132 g/mol. The summed E-state index contributed by atoms with van der Waals surface area (Å²) in [7, 11) is 0. The van der Waals surface area contributed by atoms with Crippen LogP contribution in [0.2, 0.25) is 0 Å². The van der Waals surface area contributed by atoms with E-state index in [9.17, 15) is 0 Å². The topological polar surface area (TPSA) is 0 Å². The molecule has 0 N–H and O–H groups in total. The van der Waals surface area contributed by atoms with E-state index in [4.69, 9.17) is 0 Å². The summed E-state index contributed by atoms with van der Waals surface area (Å²) in [6, 6.07) is 0. The second kappa shape index (κ2) is 5.49. The minimum absolute atomic E-state index is 0.926. The van der Waals surface area contributed by atoms with E-state index in [1.54, 1.807) is 0 Å². The lowest BCUT2D eigenvalue weighted by atomic mass is 10.1. The van der Waals surface area contributed by atoms with Gasteiger partial charge in [-0.25, -0.2) is 0 Å². The molecule has 0 aromatic heterocycles. The van der Waals surface area contributed by atoms with Gasteiger partial charge in [0.1, 0.15) is 0 Å². The highest BCUT2D eigenvalue weighted by molar-refractivity contribution is 7.98. The van der Waals surface area contributed by atoms with Crippen LogP contribution in [0.5, 0.6) is 0 Å². The van der Waals surface area contributed by atoms with Crippen LogP contribution in [-0.4, -0.2) is 12.0 Å². The molecule has 0 fully saturated rings. The molecule has 0 aromatic rings. The Morgan fingerprint density at radius 3 is 2.50 bits per heavy atom. The third-order valence-corrected chi connectivity index (χ3v) is 2.14. The van der Waals surface area contributed by atoms with E-state index >= 15 is 0 Å². The lowest BCUT2D eigenvalue weighted by molar-refractivity contribution is 0.585. The smallest absolute Gasteiger partial charge is 0.00445 e. The van der Waals surface area contributed by atoms with Crippen molar-refractivity contribution in [2.24, 2.45) is 5.92 Å². The van der Waals surface area contributed by atoms with Crippen molar-refractivity contribution in [3.8, 4) is 0 Å². The van der Waals surface area contributed by atoms with Crippen LogP contribution >= 0.6 is 11.8 Å². The number of hydrogen-bond donors (Lipinski definition) is 0. The van der Waals surface area contributed by atoms with Gasteiger partial charge in [0.25, 0.3) is 0 Å². The first-order valence-corrected chi connectivity index (χ1v) is 4.69. The van der Waals surface area contributed by atoms with Gasteiger partial charge in [-0.3, -0.25) is 0 Å². The molecule has 0 spiro atoms. The fourth-order valence-corrected chi connectivity index (χ4v) is 1.60. The van der Waals surface area contributed by atoms with Crippen molar-refractivity contribution in [1.82, 2.24) is 0 Å². The maximum absolute atomic E-state index is 2.32. The molecule has 0 rings (SSSR count). The molecular formula is C7H16S. The van der Waals surface area contributed by atoms with Crippen molar-refractivity contribution in [1.29, 1.82) is 0 Å². The largest absolute Gasteiger partial charge is 0.165 e. The Labute approximate surface area is 57.1 Å². The number of thioether (sulfide) groups is 1. The minimum Gasteiger partial charge on any atom is -0.165 e. The van der Waals surface area contributed by atoms with E-state index in [0.717, 1.165) is 5.92 Å². The van der Waals surface area contributed by atoms with Gasteiger partial charge in [-0.15, -0.1) is 0 Å². The van der Waals surface area contributed by atoms with Crippen LogP contribution in [0.25, 0.3) is 0 Å². The van der Waals surface area contributed by atoms with E-state index in [2.05, 4.69) is 20.1 Å². The second-order valence-corrected chi connectivity index (χ2v) is 3.26. The Kier molecular flexibility index (Phi) is 5.73. The number of hydrogen-bond acceptors (Lipinski definition) is 1. The third kappa shape index (κ3) is 4.51. The Morgan fingerprint density at radius 2 is 2.12 bits per heavy atom. The summed E-state index contributed by atoms with van der Waals surface area (Å²) in [6.07, 6.45) is 4.90. The van der Waals surface area contributed by atoms with Gasteiger partial charge >= 0.3 is 0 Å². The molecule has 0 aliphatic rings. The van der Waals surface area contributed by atoms with Crippen LogP contribution < -0.4 is 0 Å². The molecule has 0 aliphatic heterocycles. The second-order valence-electron chi connectivity index (χ2n) is 2.35. The van der Waals surface area contributed by atoms with Crippen molar-refractivity contribution in [2.45, 2.75) is 26.7 Å². The van der Waals surface area contributed by atoms with Crippen LogP contribution in [0.3, 0.4) is 0 Å². The maximum Gasteiger partial charge on any atom is -0.00445 e. The highest BCUT2D eigenvalue weighted by atomic mass is 32.2. The highest BCUT2D eigenvalue weighted by Gasteiger charge is 1.96. The molecule has 0 saturated carbocycles. The first kappa shape index (κ1) is 8.35. The molecule has 0 aromatic carbocycles. The third-order valence-electron chi connectivity index (χ3n) is 1.23. The quantitative estimate of drug-likeness (QED) is 0.567. The predicted molar refractivity (Wildman–Crippen MR) is 42.5 cm³/mol. The summed E-state index contributed by atoms with van der Waals surface area (Å²) in [6.45, 7) is 4.57. The SMILES string of the molecule is CCCC(C)CSC. The van der Waals surface area contributed by atoms with E-state index in [0.29, 0.717) is 0 Å². The van der Waals surface area contributed by atoms with Gasteiger partial charge < -0.3 is 0 Å². The molecule has 0 saturated heterocycles. The Morgan fingerprint density at radius 1 is 1.50 bits per heavy atom. The lowest BCUT2D eigenvalue weighted by Gasteiger charge is -2.05. The van der Waals surface area contributed by atoms with Gasteiger partial charge in [0, 0.05) is 0 Å². The van der Waals surface area contributed by atoms with Crippen LogP contribution in [-0.2, 0) is 0 Å². The molecule has 0 amide bonds. The summed E-state index contributed by atoms with van der Waals surface area (Å²) in [5.74, 6) is 2.25. The molecule has 0 aliphatic carbocycles. The first-order valence-electron chi connectivity index (χ1n) is 3.30. The molecule has 1 unspecified atom stereocenters. The fourth-order valence-electron chi connectivity index (χ4n) is 0.861. The lowest BCUT2D eigenvalue weighted by Crippen LogP contribution is -1.95. The molecule has 0 radical (unpaired) electrons. The zero-order valence-corrected chi connectivity index (χ0v) is 6.92. The van der Waals surface area contributed by atoms with E-state index in [-0.39, 0.29) is 0 Å². The van der Waals surface area contributed by atoms with Gasteiger partial charge in [-0.05, 0) is 17.9 Å². The first-order chi connectivity index (χ1) is 3.81. The summed E-state index contributed by atoms with van der Waals surface area (Å²) in [5, 5.41) is 0. The summed E-state index contributed by atoms with van der Waals surface area (Å²) >= 11 is 1.95. The van der Waals surface area contributed by atoms with Gasteiger partial charge in [0.15, 0.2) is 0 Å². The highest BCUT2D eigenvalue weighted by Crippen LogP contribution is 2.09. The summed E-state index contributed by atoms with van der Waals surface area (Å²) in [5.41, 5.74) is 0. The molecule has 0 heterocycles. The van der Waals surface area contributed by atoms with Crippen LogP contribution in [0.1, 0.15) is 26.7 Å². The Bertz CT molecular complexity index is 37.7. The summed E-state index contributed by atoms with van der Waals surface area (Å²) in [4.78, 5) is 0. The predicted octanol–water partition coefficient (Wildman–Crippen LogP) is 2.79. The van der Waals surface area contributed by atoms with Gasteiger partial charge in [0.2, 0.25) is 0 Å². The van der Waals surface area contributed by atoms with Crippen LogP contribution in [0.15, 0.2) is 0 Å². The fraction of sp³-hybridized carbons (Fsp3) is 1.00. The summed E-state index contributed by atoms with van der Waals surface area (Å²) < 4.78 is 0. The van der Waals surface area contributed by atoms with Crippen molar-refractivity contribution in [3.05, 3.63) is 0 Å². The maximum atomic E-state index is 2.32. The van der Waals surface area contributed by atoms with Crippen LogP contribution in [0.4, 0.5) is 0 Å². The van der Waals surface area contributed by atoms with Crippen molar-refractivity contribution in [3.63, 3.8) is 0 Å². The van der Waals surface area contributed by atoms with Gasteiger partial charge in [-0.2, -0.15) is 11.8 Å². The van der Waals surface area contributed by atoms with Gasteiger partial charge in [-0.1, -0.05) is 26.7 Å². The van der Waals surface area contributed by atoms with Crippen LogP contribution in [0, 0.1) is 5.92 Å². The molecule has 0 bridgehead atoms. The van der Waals surface area contributed by atoms with Crippen molar-refractivity contribution < 1.29 is 0 Å². The zero-order valence-electron chi connectivity index (χ0n) is 6.11.